The third-order valence-corrected chi connectivity index (χ3v) is 4.38. The summed E-state index contributed by atoms with van der Waals surface area (Å²) in [6.45, 7) is 3.22. The molecule has 0 unspecified atom stereocenters. The van der Waals surface area contributed by atoms with Gasteiger partial charge in [-0.1, -0.05) is 12.1 Å². The molecule has 8 heteroatoms. The topological polar surface area (TPSA) is 95.7 Å². The number of benzene rings is 1. The maximum absolute atomic E-state index is 10.9. The van der Waals surface area contributed by atoms with E-state index in [2.05, 4.69) is 10.1 Å². The highest BCUT2D eigenvalue weighted by atomic mass is 16.5. The van der Waals surface area contributed by atoms with Crippen molar-refractivity contribution < 1.29 is 24.1 Å². The minimum atomic E-state index is -0.850. The van der Waals surface area contributed by atoms with Crippen LogP contribution < -0.4 is 14.2 Å². The second-order valence-corrected chi connectivity index (χ2v) is 6.62. The molecule has 0 fully saturated rings. The lowest BCUT2D eigenvalue weighted by Crippen LogP contribution is -2.03. The molecule has 0 saturated carbocycles. The van der Waals surface area contributed by atoms with Crippen LogP contribution in [-0.2, 0) is 24.4 Å². The van der Waals surface area contributed by atoms with Crippen molar-refractivity contribution in [3.05, 3.63) is 65.6 Å². The zero-order valence-electron chi connectivity index (χ0n) is 17.1. The van der Waals surface area contributed by atoms with Crippen LogP contribution >= 0.6 is 0 Å². The predicted octanol–water partition coefficient (Wildman–Crippen LogP) is 3.33. The zero-order valence-corrected chi connectivity index (χ0v) is 17.1. The van der Waals surface area contributed by atoms with Gasteiger partial charge in [0.05, 0.1) is 20.3 Å². The lowest BCUT2D eigenvalue weighted by atomic mass is 10.2. The summed E-state index contributed by atoms with van der Waals surface area (Å²) in [7, 11) is 1.60. The van der Waals surface area contributed by atoms with Crippen LogP contribution in [0.5, 0.6) is 17.4 Å². The van der Waals surface area contributed by atoms with E-state index >= 15 is 0 Å². The molecular formula is C22H25N3O5. The van der Waals surface area contributed by atoms with Crippen LogP contribution in [0.4, 0.5) is 0 Å². The number of pyridine rings is 1. The summed E-state index contributed by atoms with van der Waals surface area (Å²) in [4.78, 5) is 15.0. The highest BCUT2D eigenvalue weighted by Gasteiger charge is 2.13. The lowest BCUT2D eigenvalue weighted by molar-refractivity contribution is -0.136. The molecule has 2 heterocycles. The molecule has 0 amide bonds. The summed E-state index contributed by atoms with van der Waals surface area (Å²) in [5, 5.41) is 13.4. The van der Waals surface area contributed by atoms with E-state index in [0.29, 0.717) is 43.6 Å². The van der Waals surface area contributed by atoms with Gasteiger partial charge in [0.1, 0.15) is 6.61 Å². The Morgan fingerprint density at radius 1 is 1.17 bits per heavy atom. The Balaban J connectivity index is 1.71. The highest BCUT2D eigenvalue weighted by Crippen LogP contribution is 2.29. The maximum atomic E-state index is 10.9. The summed E-state index contributed by atoms with van der Waals surface area (Å²) in [6, 6.07) is 9.52. The highest BCUT2D eigenvalue weighted by molar-refractivity contribution is 5.67. The number of hydrogen-bond acceptors (Lipinski definition) is 6. The first-order valence-electron chi connectivity index (χ1n) is 9.68. The second kappa shape index (κ2) is 10.3. The molecule has 8 nitrogen and oxygen atoms in total. The van der Waals surface area contributed by atoms with E-state index in [9.17, 15) is 4.79 Å². The molecular weight excluding hydrogens is 386 g/mol. The number of carbonyl (C=O) groups is 1. The van der Waals surface area contributed by atoms with Crippen molar-refractivity contribution in [2.75, 3.05) is 13.7 Å². The van der Waals surface area contributed by atoms with Crippen molar-refractivity contribution in [2.24, 2.45) is 0 Å². The molecule has 1 N–H and O–H groups in total. The van der Waals surface area contributed by atoms with Crippen LogP contribution in [0.25, 0.3) is 0 Å². The Morgan fingerprint density at radius 2 is 2.03 bits per heavy atom. The minimum Gasteiger partial charge on any atom is -0.493 e. The van der Waals surface area contributed by atoms with E-state index in [1.807, 2.05) is 43.5 Å². The van der Waals surface area contributed by atoms with Crippen LogP contribution in [0.15, 0.2) is 48.9 Å². The third kappa shape index (κ3) is 5.73. The fraction of sp³-hybridized carbons (Fsp3) is 0.318. The number of methoxy groups -OCH3 is 1. The number of carboxylic acids is 1. The summed E-state index contributed by atoms with van der Waals surface area (Å²) >= 11 is 0. The number of aromatic nitrogens is 3. The van der Waals surface area contributed by atoms with Gasteiger partial charge in [-0.3, -0.25) is 14.5 Å². The van der Waals surface area contributed by atoms with Crippen LogP contribution in [-0.4, -0.2) is 39.6 Å². The van der Waals surface area contributed by atoms with Gasteiger partial charge in [0, 0.05) is 36.1 Å². The standard InChI is InChI=1S/C22H25N3O5/c1-3-29-22-18(7-9-21(26)27)14-25(24-22)13-16-6-8-19(20(11-16)28-2)30-15-17-5-4-10-23-12-17/h4-6,8,10-12,14H,3,7,9,13,15H2,1-2H3,(H,26,27). The summed E-state index contributed by atoms with van der Waals surface area (Å²) < 4.78 is 18.6. The van der Waals surface area contributed by atoms with E-state index in [-0.39, 0.29) is 6.42 Å². The molecule has 158 valence electrons. The SMILES string of the molecule is CCOc1nn(Cc2ccc(OCc3cccnc3)c(OC)c2)cc1CCC(=O)O. The van der Waals surface area contributed by atoms with E-state index < -0.39 is 5.97 Å². The normalized spacial score (nSPS) is 10.6. The van der Waals surface area contributed by atoms with E-state index in [1.165, 1.54) is 0 Å². The van der Waals surface area contributed by atoms with E-state index in [4.69, 9.17) is 19.3 Å². The van der Waals surface area contributed by atoms with Gasteiger partial charge >= 0.3 is 5.97 Å². The van der Waals surface area contributed by atoms with Gasteiger partial charge in [-0.05, 0) is 37.1 Å². The number of rotatable bonds is 11. The first-order valence-corrected chi connectivity index (χ1v) is 9.68. The number of carboxylic acid groups (broad SMARTS) is 1. The third-order valence-electron chi connectivity index (χ3n) is 4.38. The monoisotopic (exact) mass is 411 g/mol. The Labute approximate surface area is 175 Å². The van der Waals surface area contributed by atoms with Crippen LogP contribution in [0.1, 0.15) is 30.0 Å². The lowest BCUT2D eigenvalue weighted by Gasteiger charge is -2.12. The molecule has 0 atom stereocenters. The molecule has 0 aliphatic carbocycles. The molecule has 0 aliphatic heterocycles. The average Bonchev–Trinajstić information content (AvgIpc) is 3.13. The van der Waals surface area contributed by atoms with Crippen molar-refractivity contribution >= 4 is 5.97 Å². The van der Waals surface area contributed by atoms with Crippen molar-refractivity contribution in [3.63, 3.8) is 0 Å². The smallest absolute Gasteiger partial charge is 0.303 e. The molecule has 3 rings (SSSR count). The largest absolute Gasteiger partial charge is 0.493 e. The number of hydrogen-bond donors (Lipinski definition) is 1. The van der Waals surface area contributed by atoms with Crippen LogP contribution in [0.2, 0.25) is 0 Å². The fourth-order valence-corrected chi connectivity index (χ4v) is 2.96. The van der Waals surface area contributed by atoms with Crippen molar-refractivity contribution in [1.29, 1.82) is 0 Å². The fourth-order valence-electron chi connectivity index (χ4n) is 2.96. The Morgan fingerprint density at radius 3 is 2.73 bits per heavy atom. The summed E-state index contributed by atoms with van der Waals surface area (Å²) in [5.41, 5.74) is 2.72. The average molecular weight is 411 g/mol. The van der Waals surface area contributed by atoms with Crippen LogP contribution in [0.3, 0.4) is 0 Å². The van der Waals surface area contributed by atoms with E-state index in [0.717, 1.165) is 16.7 Å². The Hall–Kier alpha value is -3.55. The number of aryl methyl sites for hydroxylation is 1. The van der Waals surface area contributed by atoms with Gasteiger partial charge in [-0.25, -0.2) is 0 Å². The van der Waals surface area contributed by atoms with E-state index in [1.54, 1.807) is 24.2 Å². The molecule has 0 spiro atoms. The summed E-state index contributed by atoms with van der Waals surface area (Å²) in [6.07, 6.45) is 5.71. The minimum absolute atomic E-state index is 0.0303. The molecule has 1 aromatic carbocycles. The maximum Gasteiger partial charge on any atom is 0.303 e. The van der Waals surface area contributed by atoms with Gasteiger partial charge in [-0.2, -0.15) is 0 Å². The van der Waals surface area contributed by atoms with Crippen molar-refractivity contribution in [3.8, 4) is 17.4 Å². The molecule has 0 saturated heterocycles. The molecule has 0 aliphatic rings. The van der Waals surface area contributed by atoms with Gasteiger partial charge in [-0.15, -0.1) is 5.10 Å². The zero-order chi connectivity index (χ0) is 21.3. The Kier molecular flexibility index (Phi) is 7.26. The molecule has 30 heavy (non-hydrogen) atoms. The van der Waals surface area contributed by atoms with Gasteiger partial charge in [0.15, 0.2) is 11.5 Å². The van der Waals surface area contributed by atoms with Gasteiger partial charge < -0.3 is 19.3 Å². The van der Waals surface area contributed by atoms with Gasteiger partial charge in [0.2, 0.25) is 5.88 Å². The van der Waals surface area contributed by atoms with Crippen molar-refractivity contribution in [1.82, 2.24) is 14.8 Å². The first kappa shape index (κ1) is 21.2. The number of aliphatic carboxylic acids is 1. The Bertz CT molecular complexity index is 972. The molecule has 0 radical (unpaired) electrons. The summed E-state index contributed by atoms with van der Waals surface area (Å²) in [5.74, 6) is 0.890. The number of ether oxygens (including phenoxy) is 3. The quantitative estimate of drug-likeness (QED) is 0.517. The van der Waals surface area contributed by atoms with Crippen LogP contribution in [0, 0.1) is 0 Å². The molecule has 2 aromatic heterocycles. The van der Waals surface area contributed by atoms with Gasteiger partial charge in [0.25, 0.3) is 0 Å². The second-order valence-electron chi connectivity index (χ2n) is 6.62. The molecule has 0 bridgehead atoms. The number of nitrogens with zero attached hydrogens (tertiary/aromatic N) is 3. The predicted molar refractivity (Wildman–Crippen MR) is 110 cm³/mol. The van der Waals surface area contributed by atoms with Crippen molar-refractivity contribution in [2.45, 2.75) is 32.9 Å². The molecule has 3 aromatic rings. The first-order chi connectivity index (χ1) is 14.6.